The minimum Gasteiger partial charge on any atom is -0.347 e. The molecule has 0 radical (unpaired) electrons. The lowest BCUT2D eigenvalue weighted by molar-refractivity contribution is 0.795. The third-order valence-corrected chi connectivity index (χ3v) is 3.02. The number of H-pyrrole nitrogens is 1. The number of nitrogens with zero attached hydrogens (tertiary/aromatic N) is 1. The SMILES string of the molecule is Cc1[nH]c(C2CC2)nc(=S)c1C(C)C. The minimum absolute atomic E-state index is 0.458. The van der Waals surface area contributed by atoms with Crippen molar-refractivity contribution in [3.05, 3.63) is 21.7 Å². The average molecular weight is 208 g/mol. The van der Waals surface area contributed by atoms with Gasteiger partial charge in [-0.1, -0.05) is 26.1 Å². The Labute approximate surface area is 89.8 Å². The van der Waals surface area contributed by atoms with E-state index in [-0.39, 0.29) is 0 Å². The van der Waals surface area contributed by atoms with Crippen LogP contribution in [-0.2, 0) is 0 Å². The lowest BCUT2D eigenvalue weighted by atomic mass is 10.0. The normalized spacial score (nSPS) is 16.3. The zero-order chi connectivity index (χ0) is 10.3. The van der Waals surface area contributed by atoms with Crippen LogP contribution in [0.25, 0.3) is 0 Å². The zero-order valence-electron chi connectivity index (χ0n) is 8.92. The molecule has 0 saturated heterocycles. The molecule has 14 heavy (non-hydrogen) atoms. The molecule has 1 aromatic rings. The summed E-state index contributed by atoms with van der Waals surface area (Å²) in [7, 11) is 0. The first kappa shape index (κ1) is 9.84. The summed E-state index contributed by atoms with van der Waals surface area (Å²) < 4.78 is 0.790. The van der Waals surface area contributed by atoms with Gasteiger partial charge in [-0.15, -0.1) is 0 Å². The summed E-state index contributed by atoms with van der Waals surface area (Å²) in [6.45, 7) is 6.41. The summed E-state index contributed by atoms with van der Waals surface area (Å²) in [5, 5.41) is 0. The molecule has 76 valence electrons. The molecular formula is C11H16N2S. The maximum absolute atomic E-state index is 5.32. The molecule has 0 bridgehead atoms. The molecule has 0 spiro atoms. The maximum atomic E-state index is 5.32. The van der Waals surface area contributed by atoms with Gasteiger partial charge in [0, 0.05) is 17.2 Å². The zero-order valence-corrected chi connectivity index (χ0v) is 9.74. The summed E-state index contributed by atoms with van der Waals surface area (Å²) in [5.41, 5.74) is 2.39. The first-order valence-electron chi connectivity index (χ1n) is 5.20. The lowest BCUT2D eigenvalue weighted by Crippen LogP contribution is -2.03. The number of aryl methyl sites for hydroxylation is 1. The summed E-state index contributed by atoms with van der Waals surface area (Å²) >= 11 is 5.32. The summed E-state index contributed by atoms with van der Waals surface area (Å²) in [5.74, 6) is 2.20. The largest absolute Gasteiger partial charge is 0.347 e. The Bertz CT molecular complexity index is 402. The molecule has 1 heterocycles. The van der Waals surface area contributed by atoms with Crippen LogP contribution < -0.4 is 0 Å². The molecule has 1 fully saturated rings. The van der Waals surface area contributed by atoms with E-state index in [4.69, 9.17) is 12.2 Å². The van der Waals surface area contributed by atoms with Crippen LogP contribution in [-0.4, -0.2) is 9.97 Å². The monoisotopic (exact) mass is 208 g/mol. The summed E-state index contributed by atoms with van der Waals surface area (Å²) in [4.78, 5) is 7.86. The van der Waals surface area contributed by atoms with Crippen LogP contribution in [0.2, 0.25) is 0 Å². The molecule has 2 rings (SSSR count). The number of hydrogen-bond donors (Lipinski definition) is 1. The number of hydrogen-bond acceptors (Lipinski definition) is 2. The van der Waals surface area contributed by atoms with E-state index < -0.39 is 0 Å². The van der Waals surface area contributed by atoms with Crippen molar-refractivity contribution in [2.24, 2.45) is 0 Å². The number of nitrogens with one attached hydrogen (secondary N) is 1. The van der Waals surface area contributed by atoms with Crippen LogP contribution in [0, 0.1) is 11.6 Å². The Kier molecular flexibility index (Phi) is 2.43. The molecule has 3 heteroatoms. The van der Waals surface area contributed by atoms with Crippen molar-refractivity contribution < 1.29 is 0 Å². The third-order valence-electron chi connectivity index (χ3n) is 2.71. The molecule has 2 nitrogen and oxygen atoms in total. The van der Waals surface area contributed by atoms with Crippen molar-refractivity contribution in [3.63, 3.8) is 0 Å². The predicted octanol–water partition coefficient (Wildman–Crippen LogP) is 3.45. The molecule has 1 saturated carbocycles. The third kappa shape index (κ3) is 1.73. The van der Waals surface area contributed by atoms with Gasteiger partial charge in [-0.25, -0.2) is 4.98 Å². The quantitative estimate of drug-likeness (QED) is 0.754. The molecule has 0 amide bonds. The smallest absolute Gasteiger partial charge is 0.133 e. The number of rotatable bonds is 2. The van der Waals surface area contributed by atoms with Crippen molar-refractivity contribution in [1.82, 2.24) is 9.97 Å². The van der Waals surface area contributed by atoms with Gasteiger partial charge in [-0.2, -0.15) is 0 Å². The molecule has 0 unspecified atom stereocenters. The van der Waals surface area contributed by atoms with E-state index in [0.717, 1.165) is 10.5 Å². The first-order valence-corrected chi connectivity index (χ1v) is 5.61. The Morgan fingerprint density at radius 3 is 2.50 bits per heavy atom. The Morgan fingerprint density at radius 2 is 2.07 bits per heavy atom. The summed E-state index contributed by atoms with van der Waals surface area (Å²) in [6.07, 6.45) is 2.53. The second kappa shape index (κ2) is 3.46. The molecule has 1 N–H and O–H groups in total. The van der Waals surface area contributed by atoms with Gasteiger partial charge in [-0.05, 0) is 25.7 Å². The number of aromatic nitrogens is 2. The lowest BCUT2D eigenvalue weighted by Gasteiger charge is -2.11. The molecule has 0 aliphatic heterocycles. The fraction of sp³-hybridized carbons (Fsp3) is 0.636. The average Bonchev–Trinajstić information content (AvgIpc) is 2.83. The van der Waals surface area contributed by atoms with Gasteiger partial charge in [-0.3, -0.25) is 0 Å². The highest BCUT2D eigenvalue weighted by molar-refractivity contribution is 7.71. The van der Waals surface area contributed by atoms with E-state index in [1.54, 1.807) is 0 Å². The number of aromatic amines is 1. The van der Waals surface area contributed by atoms with Gasteiger partial charge >= 0.3 is 0 Å². The van der Waals surface area contributed by atoms with E-state index in [1.165, 1.54) is 24.1 Å². The van der Waals surface area contributed by atoms with Gasteiger partial charge in [0.15, 0.2) is 0 Å². The van der Waals surface area contributed by atoms with Crippen LogP contribution in [0.15, 0.2) is 0 Å². The van der Waals surface area contributed by atoms with Crippen LogP contribution in [0.4, 0.5) is 0 Å². The van der Waals surface area contributed by atoms with Crippen molar-refractivity contribution in [2.45, 2.75) is 45.4 Å². The van der Waals surface area contributed by atoms with Crippen molar-refractivity contribution in [1.29, 1.82) is 0 Å². The Hall–Kier alpha value is -0.700. The van der Waals surface area contributed by atoms with E-state index in [1.807, 2.05) is 0 Å². The van der Waals surface area contributed by atoms with Crippen molar-refractivity contribution in [3.8, 4) is 0 Å². The molecule has 0 aromatic carbocycles. The fourth-order valence-electron chi connectivity index (χ4n) is 1.85. The van der Waals surface area contributed by atoms with Crippen LogP contribution in [0.1, 0.15) is 55.6 Å². The van der Waals surface area contributed by atoms with Crippen molar-refractivity contribution >= 4 is 12.2 Å². The van der Waals surface area contributed by atoms with Gasteiger partial charge in [0.05, 0.1) is 0 Å². The van der Waals surface area contributed by atoms with Crippen LogP contribution in [0.5, 0.6) is 0 Å². The Morgan fingerprint density at radius 1 is 1.43 bits per heavy atom. The second-order valence-corrected chi connectivity index (χ2v) is 4.78. The standard InChI is InChI=1S/C11H16N2S/c1-6(2)9-7(3)12-10(8-4-5-8)13-11(9)14/h6,8H,4-5H2,1-3H3,(H,12,13,14). The van der Waals surface area contributed by atoms with E-state index >= 15 is 0 Å². The topological polar surface area (TPSA) is 28.7 Å². The van der Waals surface area contributed by atoms with E-state index in [9.17, 15) is 0 Å². The molecular weight excluding hydrogens is 192 g/mol. The van der Waals surface area contributed by atoms with Crippen molar-refractivity contribution in [2.75, 3.05) is 0 Å². The highest BCUT2D eigenvalue weighted by Gasteiger charge is 2.26. The van der Waals surface area contributed by atoms with Gasteiger partial charge in [0.1, 0.15) is 10.5 Å². The van der Waals surface area contributed by atoms with Crippen LogP contribution in [0.3, 0.4) is 0 Å². The maximum Gasteiger partial charge on any atom is 0.133 e. The fourth-order valence-corrected chi connectivity index (χ4v) is 2.33. The van der Waals surface area contributed by atoms with Gasteiger partial charge < -0.3 is 4.98 Å². The molecule has 1 aliphatic carbocycles. The van der Waals surface area contributed by atoms with E-state index in [0.29, 0.717) is 11.8 Å². The summed E-state index contributed by atoms with van der Waals surface area (Å²) in [6, 6.07) is 0. The molecule has 1 aromatic heterocycles. The van der Waals surface area contributed by atoms with Crippen LogP contribution >= 0.6 is 12.2 Å². The predicted molar refractivity (Wildman–Crippen MR) is 60.2 cm³/mol. The molecule has 1 aliphatic rings. The van der Waals surface area contributed by atoms with Gasteiger partial charge in [0.2, 0.25) is 0 Å². The highest BCUT2D eigenvalue weighted by Crippen LogP contribution is 2.38. The molecule has 0 atom stereocenters. The highest BCUT2D eigenvalue weighted by atomic mass is 32.1. The second-order valence-electron chi connectivity index (χ2n) is 4.39. The Balaban J connectivity index is 2.49. The van der Waals surface area contributed by atoms with Gasteiger partial charge in [0.25, 0.3) is 0 Å². The van der Waals surface area contributed by atoms with E-state index in [2.05, 4.69) is 30.7 Å². The minimum atomic E-state index is 0.458. The first-order chi connectivity index (χ1) is 6.59.